The van der Waals surface area contributed by atoms with Crippen molar-refractivity contribution in [3.8, 4) is 12.3 Å². The lowest BCUT2D eigenvalue weighted by atomic mass is 10.3. The molecular formula is C8H9N. The van der Waals surface area contributed by atoms with Gasteiger partial charge in [-0.05, 0) is 6.08 Å². The summed E-state index contributed by atoms with van der Waals surface area (Å²) in [5.41, 5.74) is 0.634. The van der Waals surface area contributed by atoms with Crippen LogP contribution < -0.4 is 0 Å². The number of allylic oxidation sites excluding steroid dienone is 3. The van der Waals surface area contributed by atoms with Crippen molar-refractivity contribution < 1.29 is 0 Å². The van der Waals surface area contributed by atoms with Crippen LogP contribution in [0.4, 0.5) is 0 Å². The molecule has 1 nitrogen and oxygen atoms in total. The van der Waals surface area contributed by atoms with Crippen molar-refractivity contribution in [2.24, 2.45) is 4.99 Å². The average Bonchev–Trinajstić information content (AvgIpc) is 1.91. The molecule has 0 atom stereocenters. The van der Waals surface area contributed by atoms with Gasteiger partial charge in [0.05, 0.1) is 0 Å². The van der Waals surface area contributed by atoms with Crippen molar-refractivity contribution in [2.75, 3.05) is 7.05 Å². The SMILES string of the molecule is C#CC(/C=C\C=C)=NC. The smallest absolute Gasteiger partial charge is 0.106 e. The minimum absolute atomic E-state index is 0.634. The van der Waals surface area contributed by atoms with Crippen LogP contribution in [0.25, 0.3) is 0 Å². The summed E-state index contributed by atoms with van der Waals surface area (Å²) in [6, 6.07) is 0. The highest BCUT2D eigenvalue weighted by atomic mass is 14.7. The van der Waals surface area contributed by atoms with E-state index in [4.69, 9.17) is 6.42 Å². The Kier molecular flexibility index (Phi) is 4.16. The number of rotatable bonds is 2. The molecule has 0 unspecified atom stereocenters. The Bertz CT molecular complexity index is 179. The summed E-state index contributed by atoms with van der Waals surface area (Å²) in [6.45, 7) is 3.49. The predicted octanol–water partition coefficient (Wildman–Crippen LogP) is 1.43. The fourth-order valence-corrected chi connectivity index (χ4v) is 0.346. The first-order chi connectivity index (χ1) is 4.35. The van der Waals surface area contributed by atoms with Gasteiger partial charge < -0.3 is 0 Å². The van der Waals surface area contributed by atoms with Gasteiger partial charge in [0.15, 0.2) is 0 Å². The van der Waals surface area contributed by atoms with E-state index < -0.39 is 0 Å². The molecule has 0 bridgehead atoms. The van der Waals surface area contributed by atoms with E-state index in [1.165, 1.54) is 0 Å². The molecule has 0 aromatic rings. The Hall–Kier alpha value is -1.29. The lowest BCUT2D eigenvalue weighted by molar-refractivity contribution is 1.46. The monoisotopic (exact) mass is 119 g/mol. The van der Waals surface area contributed by atoms with E-state index in [0.29, 0.717) is 5.71 Å². The molecule has 0 radical (unpaired) electrons. The predicted molar refractivity (Wildman–Crippen MR) is 41.5 cm³/mol. The zero-order valence-electron chi connectivity index (χ0n) is 5.46. The standard InChI is InChI=1S/C8H9N/c1-4-6-7-8(5-2)9-3/h2,4,6-7H,1H2,3H3/b7-6-,9-8?. The summed E-state index contributed by atoms with van der Waals surface area (Å²) in [4.78, 5) is 3.79. The molecule has 0 rings (SSSR count). The maximum atomic E-state index is 5.06. The van der Waals surface area contributed by atoms with Crippen LogP contribution in [0, 0.1) is 12.3 Å². The second kappa shape index (κ2) is 4.86. The van der Waals surface area contributed by atoms with Gasteiger partial charge in [0.25, 0.3) is 0 Å². The molecule has 0 aromatic carbocycles. The van der Waals surface area contributed by atoms with E-state index in [-0.39, 0.29) is 0 Å². The number of nitrogens with zero attached hydrogens (tertiary/aromatic N) is 1. The van der Waals surface area contributed by atoms with E-state index in [0.717, 1.165) is 0 Å². The summed E-state index contributed by atoms with van der Waals surface area (Å²) >= 11 is 0. The van der Waals surface area contributed by atoms with Crippen molar-refractivity contribution in [1.82, 2.24) is 0 Å². The summed E-state index contributed by atoms with van der Waals surface area (Å²) < 4.78 is 0. The van der Waals surface area contributed by atoms with Crippen LogP contribution in [0.2, 0.25) is 0 Å². The number of hydrogen-bond acceptors (Lipinski definition) is 1. The molecule has 0 fully saturated rings. The molecule has 46 valence electrons. The van der Waals surface area contributed by atoms with Gasteiger partial charge in [0.2, 0.25) is 0 Å². The molecule has 0 heterocycles. The largest absolute Gasteiger partial charge is 0.280 e. The fraction of sp³-hybridized carbons (Fsp3) is 0.125. The molecule has 0 saturated carbocycles. The van der Waals surface area contributed by atoms with Crippen LogP contribution in [-0.2, 0) is 0 Å². The third-order valence-electron chi connectivity index (χ3n) is 0.779. The summed E-state index contributed by atoms with van der Waals surface area (Å²) in [7, 11) is 1.66. The molecule has 0 aliphatic rings. The van der Waals surface area contributed by atoms with E-state index in [1.54, 1.807) is 25.3 Å². The molecule has 1 heteroatoms. The maximum absolute atomic E-state index is 5.06. The van der Waals surface area contributed by atoms with E-state index in [2.05, 4.69) is 17.5 Å². The molecule has 0 aromatic heterocycles. The third-order valence-corrected chi connectivity index (χ3v) is 0.779. The third kappa shape index (κ3) is 3.31. The summed E-state index contributed by atoms with van der Waals surface area (Å²) in [5.74, 6) is 2.40. The number of terminal acetylenes is 1. The van der Waals surface area contributed by atoms with Gasteiger partial charge in [-0.2, -0.15) is 0 Å². The van der Waals surface area contributed by atoms with Crippen molar-refractivity contribution >= 4 is 5.71 Å². The van der Waals surface area contributed by atoms with E-state index in [9.17, 15) is 0 Å². The van der Waals surface area contributed by atoms with Gasteiger partial charge in [-0.3, -0.25) is 4.99 Å². The van der Waals surface area contributed by atoms with Crippen LogP contribution in [0.3, 0.4) is 0 Å². The molecule has 9 heavy (non-hydrogen) atoms. The lowest BCUT2D eigenvalue weighted by Crippen LogP contribution is -1.84. The van der Waals surface area contributed by atoms with Crippen molar-refractivity contribution in [3.05, 3.63) is 24.8 Å². The van der Waals surface area contributed by atoms with Crippen LogP contribution in [0.5, 0.6) is 0 Å². The topological polar surface area (TPSA) is 12.4 Å². The van der Waals surface area contributed by atoms with Crippen LogP contribution in [0.15, 0.2) is 29.8 Å². The van der Waals surface area contributed by atoms with Crippen molar-refractivity contribution in [1.29, 1.82) is 0 Å². The molecule has 0 saturated heterocycles. The number of aliphatic imine (C=N–C) groups is 1. The van der Waals surface area contributed by atoms with Crippen molar-refractivity contribution in [2.45, 2.75) is 0 Å². The first-order valence-electron chi connectivity index (χ1n) is 2.57. The van der Waals surface area contributed by atoms with Crippen LogP contribution in [0.1, 0.15) is 0 Å². The molecule has 0 aliphatic carbocycles. The van der Waals surface area contributed by atoms with Gasteiger partial charge >= 0.3 is 0 Å². The second-order valence-electron chi connectivity index (χ2n) is 1.35. The first kappa shape index (κ1) is 7.71. The molecule has 0 N–H and O–H groups in total. The van der Waals surface area contributed by atoms with Gasteiger partial charge in [0.1, 0.15) is 5.71 Å². The molecular weight excluding hydrogens is 110 g/mol. The van der Waals surface area contributed by atoms with Gasteiger partial charge in [-0.1, -0.05) is 24.7 Å². The summed E-state index contributed by atoms with van der Waals surface area (Å²) in [5, 5.41) is 0. The van der Waals surface area contributed by atoms with Gasteiger partial charge in [0, 0.05) is 7.05 Å². The highest BCUT2D eigenvalue weighted by molar-refractivity contribution is 6.08. The second-order valence-corrected chi connectivity index (χ2v) is 1.35. The van der Waals surface area contributed by atoms with Crippen molar-refractivity contribution in [3.63, 3.8) is 0 Å². The Labute approximate surface area is 55.8 Å². The lowest BCUT2D eigenvalue weighted by Gasteiger charge is -1.81. The Balaban J connectivity index is 4.05. The summed E-state index contributed by atoms with van der Waals surface area (Å²) in [6.07, 6.45) is 10.2. The average molecular weight is 119 g/mol. The Morgan fingerprint density at radius 1 is 1.78 bits per heavy atom. The van der Waals surface area contributed by atoms with Crippen LogP contribution in [-0.4, -0.2) is 12.8 Å². The van der Waals surface area contributed by atoms with Gasteiger partial charge in [-0.15, -0.1) is 6.42 Å². The van der Waals surface area contributed by atoms with Crippen LogP contribution >= 0.6 is 0 Å². The van der Waals surface area contributed by atoms with Gasteiger partial charge in [-0.25, -0.2) is 0 Å². The normalized spacial score (nSPS) is 11.3. The fourth-order valence-electron chi connectivity index (χ4n) is 0.346. The zero-order valence-corrected chi connectivity index (χ0v) is 5.46. The Morgan fingerprint density at radius 2 is 2.44 bits per heavy atom. The number of hydrogen-bond donors (Lipinski definition) is 0. The Morgan fingerprint density at radius 3 is 2.78 bits per heavy atom. The zero-order chi connectivity index (χ0) is 7.11. The highest BCUT2D eigenvalue weighted by Crippen LogP contribution is 1.78. The minimum Gasteiger partial charge on any atom is -0.280 e. The first-order valence-corrected chi connectivity index (χ1v) is 2.57. The minimum atomic E-state index is 0.634. The molecule has 0 amide bonds. The molecule has 0 aliphatic heterocycles. The highest BCUT2D eigenvalue weighted by Gasteiger charge is 1.78. The maximum Gasteiger partial charge on any atom is 0.106 e. The molecule has 0 spiro atoms. The van der Waals surface area contributed by atoms with E-state index in [1.807, 2.05) is 0 Å². The van der Waals surface area contributed by atoms with E-state index >= 15 is 0 Å². The quantitative estimate of drug-likeness (QED) is 0.296.